The monoisotopic (exact) mass is 344 g/mol. The largest absolute Gasteiger partial charge is 0.363 e. The van der Waals surface area contributed by atoms with Crippen LogP contribution in [0.25, 0.3) is 0 Å². The van der Waals surface area contributed by atoms with E-state index in [2.05, 4.69) is 46.9 Å². The van der Waals surface area contributed by atoms with E-state index in [1.807, 2.05) is 6.07 Å². The first-order valence-corrected chi connectivity index (χ1v) is 5.91. The molecule has 0 atom stereocenters. The molecule has 1 amide bonds. The van der Waals surface area contributed by atoms with E-state index in [0.717, 1.165) is 8.95 Å². The second kappa shape index (κ2) is 4.80. The quantitative estimate of drug-likeness (QED) is 0.906. The van der Waals surface area contributed by atoms with E-state index in [4.69, 9.17) is 0 Å². The summed E-state index contributed by atoms with van der Waals surface area (Å²) >= 11 is 6.64. The molecule has 1 heterocycles. The number of anilines is 1. The Balaban J connectivity index is 2.21. The van der Waals surface area contributed by atoms with Gasteiger partial charge in [0.15, 0.2) is 0 Å². The summed E-state index contributed by atoms with van der Waals surface area (Å²) in [7, 11) is 0. The number of aromatic nitrogens is 1. The number of rotatable bonds is 2. The molecule has 0 bridgehead atoms. The maximum Gasteiger partial charge on any atom is 0.256 e. The lowest BCUT2D eigenvalue weighted by atomic mass is 10.2. The van der Waals surface area contributed by atoms with Crippen LogP contribution in [0.3, 0.4) is 0 Å². The first kappa shape index (κ1) is 11.3. The summed E-state index contributed by atoms with van der Waals surface area (Å²) in [6.07, 6.45) is 2.80. The van der Waals surface area contributed by atoms with E-state index in [1.54, 1.807) is 12.1 Å². The zero-order chi connectivity index (χ0) is 11.5. The second-order valence-electron chi connectivity index (χ2n) is 2.99. The molecule has 2 rings (SSSR count). The molecule has 0 spiro atoms. The summed E-state index contributed by atoms with van der Waals surface area (Å²) < 4.78 is 6.24. The molecular weight excluding hydrogens is 340 g/mol. The molecule has 0 radical (unpaired) electrons. The molecule has 1 aromatic heterocycles. The van der Waals surface area contributed by atoms with Gasteiger partial charge in [0, 0.05) is 8.95 Å². The van der Waals surface area contributed by atoms with E-state index in [1.165, 1.54) is 12.5 Å². The molecular formula is C10H6Br2N2O2. The molecule has 0 unspecified atom stereocenters. The van der Waals surface area contributed by atoms with Gasteiger partial charge in [0.1, 0.15) is 12.0 Å². The van der Waals surface area contributed by atoms with Crippen molar-refractivity contribution in [1.29, 1.82) is 0 Å². The second-order valence-corrected chi connectivity index (χ2v) is 4.76. The van der Waals surface area contributed by atoms with Crippen molar-refractivity contribution in [2.24, 2.45) is 0 Å². The highest BCUT2D eigenvalue weighted by molar-refractivity contribution is 9.11. The van der Waals surface area contributed by atoms with Crippen LogP contribution in [0.15, 0.2) is 44.1 Å². The average molecular weight is 346 g/mol. The van der Waals surface area contributed by atoms with Gasteiger partial charge < -0.3 is 9.84 Å². The fourth-order valence-corrected chi connectivity index (χ4v) is 2.37. The number of carbonyl (C=O) groups is 1. The van der Waals surface area contributed by atoms with Gasteiger partial charge in [0.2, 0.25) is 0 Å². The number of hydrogen-bond acceptors (Lipinski definition) is 3. The van der Waals surface area contributed by atoms with Crippen molar-refractivity contribution in [2.45, 2.75) is 0 Å². The highest BCUT2D eigenvalue weighted by Crippen LogP contribution is 2.22. The third-order valence-electron chi connectivity index (χ3n) is 1.87. The summed E-state index contributed by atoms with van der Waals surface area (Å²) in [5, 5.41) is 6.15. The zero-order valence-electron chi connectivity index (χ0n) is 7.91. The maximum absolute atomic E-state index is 11.8. The molecule has 1 aromatic carbocycles. The van der Waals surface area contributed by atoms with Crippen LogP contribution in [0.2, 0.25) is 0 Å². The summed E-state index contributed by atoms with van der Waals surface area (Å²) in [6.45, 7) is 0. The van der Waals surface area contributed by atoms with Crippen molar-refractivity contribution in [3.63, 3.8) is 0 Å². The first-order chi connectivity index (χ1) is 7.66. The Bertz CT molecular complexity index is 512. The van der Waals surface area contributed by atoms with Crippen molar-refractivity contribution in [1.82, 2.24) is 5.16 Å². The van der Waals surface area contributed by atoms with Crippen LogP contribution in [0.1, 0.15) is 10.4 Å². The molecule has 4 nitrogen and oxygen atoms in total. The third kappa shape index (κ3) is 2.51. The molecule has 82 valence electrons. The minimum absolute atomic E-state index is 0.220. The highest BCUT2D eigenvalue weighted by atomic mass is 79.9. The van der Waals surface area contributed by atoms with Crippen LogP contribution < -0.4 is 5.32 Å². The Morgan fingerprint density at radius 3 is 2.81 bits per heavy atom. The SMILES string of the molecule is O=C(Nc1cnoc1)c1ccc(Br)cc1Br. The Kier molecular flexibility index (Phi) is 3.40. The Hall–Kier alpha value is -1.14. The lowest BCUT2D eigenvalue weighted by Crippen LogP contribution is -2.11. The summed E-state index contributed by atoms with van der Waals surface area (Å²) in [5.41, 5.74) is 1.07. The summed E-state index contributed by atoms with van der Waals surface area (Å²) in [5.74, 6) is -0.220. The number of benzene rings is 1. The molecule has 2 aromatic rings. The van der Waals surface area contributed by atoms with Gasteiger partial charge in [-0.25, -0.2) is 0 Å². The predicted molar refractivity (Wildman–Crippen MR) is 66.3 cm³/mol. The van der Waals surface area contributed by atoms with Crippen LogP contribution in [-0.2, 0) is 0 Å². The van der Waals surface area contributed by atoms with Crippen LogP contribution >= 0.6 is 31.9 Å². The minimum atomic E-state index is -0.220. The van der Waals surface area contributed by atoms with Crippen LogP contribution in [0.4, 0.5) is 5.69 Å². The van der Waals surface area contributed by atoms with E-state index in [-0.39, 0.29) is 5.91 Å². The first-order valence-electron chi connectivity index (χ1n) is 4.32. The summed E-state index contributed by atoms with van der Waals surface area (Å²) in [4.78, 5) is 11.8. The van der Waals surface area contributed by atoms with Gasteiger partial charge in [-0.05, 0) is 34.1 Å². The number of hydrogen-bond donors (Lipinski definition) is 1. The summed E-state index contributed by atoms with van der Waals surface area (Å²) in [6, 6.07) is 5.33. The fourth-order valence-electron chi connectivity index (χ4n) is 1.14. The molecule has 6 heteroatoms. The standard InChI is InChI=1S/C10H6Br2N2O2/c11-6-1-2-8(9(12)3-6)10(15)14-7-4-13-16-5-7/h1-5H,(H,14,15). The van der Waals surface area contributed by atoms with Crippen molar-refractivity contribution in [3.8, 4) is 0 Å². The smallest absolute Gasteiger partial charge is 0.256 e. The highest BCUT2D eigenvalue weighted by Gasteiger charge is 2.11. The molecule has 16 heavy (non-hydrogen) atoms. The number of amides is 1. The van der Waals surface area contributed by atoms with Gasteiger partial charge in [-0.1, -0.05) is 21.1 Å². The average Bonchev–Trinajstić information content (AvgIpc) is 2.70. The number of carbonyl (C=O) groups excluding carboxylic acids is 1. The number of halogens is 2. The van der Waals surface area contributed by atoms with E-state index < -0.39 is 0 Å². The molecule has 0 aliphatic rings. The van der Waals surface area contributed by atoms with Gasteiger partial charge in [-0.2, -0.15) is 0 Å². The van der Waals surface area contributed by atoms with Crippen molar-refractivity contribution in [2.75, 3.05) is 5.32 Å². The van der Waals surface area contributed by atoms with Crippen LogP contribution in [-0.4, -0.2) is 11.1 Å². The molecule has 0 saturated carbocycles. The Labute approximate surface area is 108 Å². The van der Waals surface area contributed by atoms with E-state index in [0.29, 0.717) is 11.3 Å². The van der Waals surface area contributed by atoms with Gasteiger partial charge in [0.05, 0.1) is 11.8 Å². The Morgan fingerprint density at radius 1 is 1.38 bits per heavy atom. The van der Waals surface area contributed by atoms with Crippen molar-refractivity contribution >= 4 is 43.5 Å². The molecule has 0 aliphatic heterocycles. The normalized spacial score (nSPS) is 10.1. The van der Waals surface area contributed by atoms with Crippen LogP contribution in [0, 0.1) is 0 Å². The lowest BCUT2D eigenvalue weighted by Gasteiger charge is -2.04. The van der Waals surface area contributed by atoms with E-state index >= 15 is 0 Å². The van der Waals surface area contributed by atoms with Crippen LogP contribution in [0.5, 0.6) is 0 Å². The van der Waals surface area contributed by atoms with Gasteiger partial charge in [-0.3, -0.25) is 4.79 Å². The molecule has 0 aliphatic carbocycles. The van der Waals surface area contributed by atoms with Crippen molar-refractivity contribution in [3.05, 3.63) is 45.2 Å². The molecule has 0 saturated heterocycles. The van der Waals surface area contributed by atoms with Gasteiger partial charge in [0.25, 0.3) is 5.91 Å². The predicted octanol–water partition coefficient (Wildman–Crippen LogP) is 3.45. The number of nitrogens with one attached hydrogen (secondary N) is 1. The van der Waals surface area contributed by atoms with Gasteiger partial charge in [-0.15, -0.1) is 0 Å². The third-order valence-corrected chi connectivity index (χ3v) is 3.02. The molecule has 1 N–H and O–H groups in total. The van der Waals surface area contributed by atoms with E-state index in [9.17, 15) is 4.79 Å². The fraction of sp³-hybridized carbons (Fsp3) is 0. The minimum Gasteiger partial charge on any atom is -0.363 e. The number of nitrogens with zero attached hydrogens (tertiary/aromatic N) is 1. The van der Waals surface area contributed by atoms with Crippen molar-refractivity contribution < 1.29 is 9.32 Å². The van der Waals surface area contributed by atoms with Gasteiger partial charge >= 0.3 is 0 Å². The topological polar surface area (TPSA) is 55.1 Å². The maximum atomic E-state index is 11.8. The Morgan fingerprint density at radius 2 is 2.19 bits per heavy atom. The zero-order valence-corrected chi connectivity index (χ0v) is 11.1. The molecule has 0 fully saturated rings. The lowest BCUT2D eigenvalue weighted by molar-refractivity contribution is 0.102.